The second kappa shape index (κ2) is 7.75. The molecule has 1 unspecified atom stereocenters. The van der Waals surface area contributed by atoms with Gasteiger partial charge in [0.25, 0.3) is 0 Å². The van der Waals surface area contributed by atoms with Crippen molar-refractivity contribution in [2.24, 2.45) is 0 Å². The van der Waals surface area contributed by atoms with E-state index in [9.17, 15) is 4.79 Å². The molecular weight excluding hydrogens is 420 g/mol. The van der Waals surface area contributed by atoms with E-state index >= 15 is 0 Å². The molecule has 28 heavy (non-hydrogen) atoms. The number of rotatable bonds is 3. The number of aryl methyl sites for hydroxylation is 2. The van der Waals surface area contributed by atoms with Gasteiger partial charge in [-0.2, -0.15) is 4.98 Å². The number of hydrogen-bond acceptors (Lipinski definition) is 4. The number of hydrogen-bond donors (Lipinski definition) is 1. The van der Waals surface area contributed by atoms with E-state index in [2.05, 4.69) is 38.3 Å². The normalized spacial score (nSPS) is 16.4. The summed E-state index contributed by atoms with van der Waals surface area (Å²) < 4.78 is 6.49. The van der Waals surface area contributed by atoms with Crippen molar-refractivity contribution in [3.8, 4) is 11.4 Å². The quantitative estimate of drug-likeness (QED) is 0.584. The fourth-order valence-corrected chi connectivity index (χ4v) is 3.63. The summed E-state index contributed by atoms with van der Waals surface area (Å²) in [6.45, 7) is 4.75. The van der Waals surface area contributed by atoms with E-state index in [0.29, 0.717) is 18.3 Å². The van der Waals surface area contributed by atoms with Gasteiger partial charge >= 0.3 is 6.03 Å². The van der Waals surface area contributed by atoms with Gasteiger partial charge < -0.3 is 14.7 Å². The third-order valence-electron chi connectivity index (χ3n) is 5.10. The molecule has 0 aliphatic carbocycles. The van der Waals surface area contributed by atoms with Crippen LogP contribution in [0.1, 0.15) is 35.9 Å². The highest BCUT2D eigenvalue weighted by Crippen LogP contribution is 2.32. The molecule has 4 rings (SSSR count). The Balaban J connectivity index is 1.51. The first-order chi connectivity index (χ1) is 13.5. The topological polar surface area (TPSA) is 71.3 Å². The zero-order chi connectivity index (χ0) is 19.7. The van der Waals surface area contributed by atoms with Crippen molar-refractivity contribution >= 4 is 27.6 Å². The second-order valence-electron chi connectivity index (χ2n) is 7.04. The molecule has 1 atom stereocenters. The van der Waals surface area contributed by atoms with Crippen LogP contribution in [-0.4, -0.2) is 27.6 Å². The lowest BCUT2D eigenvalue weighted by Crippen LogP contribution is -2.34. The van der Waals surface area contributed by atoms with E-state index < -0.39 is 0 Å². The van der Waals surface area contributed by atoms with Crippen LogP contribution in [0.4, 0.5) is 10.5 Å². The van der Waals surface area contributed by atoms with Crippen LogP contribution in [0.2, 0.25) is 0 Å². The third-order valence-corrected chi connectivity index (χ3v) is 5.63. The summed E-state index contributed by atoms with van der Waals surface area (Å²) in [5.74, 6) is 1.01. The van der Waals surface area contributed by atoms with Gasteiger partial charge in [-0.25, -0.2) is 4.79 Å². The van der Waals surface area contributed by atoms with Crippen molar-refractivity contribution < 1.29 is 9.32 Å². The van der Waals surface area contributed by atoms with Crippen LogP contribution < -0.4 is 5.32 Å². The monoisotopic (exact) mass is 440 g/mol. The molecule has 1 aliphatic heterocycles. The predicted molar refractivity (Wildman–Crippen MR) is 111 cm³/mol. The molecule has 1 N–H and O–H groups in total. The smallest absolute Gasteiger partial charge is 0.322 e. The van der Waals surface area contributed by atoms with Gasteiger partial charge in [0.2, 0.25) is 11.7 Å². The molecule has 0 spiro atoms. The zero-order valence-electron chi connectivity index (χ0n) is 15.8. The minimum atomic E-state index is -0.205. The molecule has 1 saturated heterocycles. The first-order valence-corrected chi connectivity index (χ1v) is 10.0. The lowest BCUT2D eigenvalue weighted by atomic mass is 10.1. The van der Waals surface area contributed by atoms with E-state index in [0.717, 1.165) is 34.1 Å². The van der Waals surface area contributed by atoms with E-state index in [1.54, 1.807) is 4.90 Å². The molecule has 0 bridgehead atoms. The van der Waals surface area contributed by atoms with Crippen molar-refractivity contribution in [1.82, 2.24) is 15.0 Å². The van der Waals surface area contributed by atoms with Gasteiger partial charge in [-0.1, -0.05) is 27.2 Å². The SMILES string of the molecule is Cc1ccc(NC(=O)N2CCCC2c2nc(-c3ccc(Br)cc3)no2)cc1C. The Kier molecular flexibility index (Phi) is 5.17. The lowest BCUT2D eigenvalue weighted by Gasteiger charge is -2.22. The van der Waals surface area contributed by atoms with E-state index in [4.69, 9.17) is 4.52 Å². The van der Waals surface area contributed by atoms with Crippen molar-refractivity contribution in [2.75, 3.05) is 11.9 Å². The van der Waals surface area contributed by atoms with Gasteiger partial charge in [-0.3, -0.25) is 0 Å². The average Bonchev–Trinajstić information content (AvgIpc) is 3.34. The van der Waals surface area contributed by atoms with Crippen LogP contribution in [0.15, 0.2) is 51.5 Å². The van der Waals surface area contributed by atoms with Crippen LogP contribution in [0.3, 0.4) is 0 Å². The number of halogens is 1. The fourth-order valence-electron chi connectivity index (χ4n) is 3.37. The maximum absolute atomic E-state index is 12.8. The van der Waals surface area contributed by atoms with Gasteiger partial charge in [0.15, 0.2) is 0 Å². The Morgan fingerprint density at radius 3 is 2.71 bits per heavy atom. The summed E-state index contributed by atoms with van der Waals surface area (Å²) in [6, 6.07) is 13.3. The largest absolute Gasteiger partial charge is 0.337 e. The summed E-state index contributed by atoms with van der Waals surface area (Å²) in [4.78, 5) is 19.1. The highest BCUT2D eigenvalue weighted by atomic mass is 79.9. The van der Waals surface area contributed by atoms with Crippen molar-refractivity contribution in [2.45, 2.75) is 32.7 Å². The first kappa shape index (κ1) is 18.7. The van der Waals surface area contributed by atoms with Crippen LogP contribution in [0, 0.1) is 13.8 Å². The molecule has 2 heterocycles. The van der Waals surface area contributed by atoms with Crippen LogP contribution in [-0.2, 0) is 0 Å². The van der Waals surface area contributed by atoms with Crippen molar-refractivity contribution in [3.63, 3.8) is 0 Å². The number of benzene rings is 2. The summed E-state index contributed by atoms with van der Waals surface area (Å²) in [7, 11) is 0. The van der Waals surface area contributed by atoms with E-state index in [1.807, 2.05) is 49.4 Å². The minimum absolute atomic E-state index is 0.144. The molecular formula is C21H21BrN4O2. The molecule has 0 saturated carbocycles. The molecule has 144 valence electrons. The highest BCUT2D eigenvalue weighted by molar-refractivity contribution is 9.10. The van der Waals surface area contributed by atoms with Gasteiger partial charge in [-0.05, 0) is 74.2 Å². The van der Waals surface area contributed by atoms with E-state index in [-0.39, 0.29) is 12.1 Å². The Morgan fingerprint density at radius 1 is 1.18 bits per heavy atom. The molecule has 1 aromatic heterocycles. The standard InChI is InChI=1S/C21H21BrN4O2/c1-13-5-10-17(12-14(13)2)23-21(27)26-11-3-4-18(26)20-24-19(25-28-20)15-6-8-16(22)9-7-15/h5-10,12,18H,3-4,11H2,1-2H3,(H,23,27). The maximum atomic E-state index is 12.8. The Hall–Kier alpha value is -2.67. The van der Waals surface area contributed by atoms with Crippen molar-refractivity contribution in [3.05, 3.63) is 64.0 Å². The first-order valence-electron chi connectivity index (χ1n) is 9.25. The minimum Gasteiger partial charge on any atom is -0.337 e. The summed E-state index contributed by atoms with van der Waals surface area (Å²) in [6.07, 6.45) is 1.71. The predicted octanol–water partition coefficient (Wildman–Crippen LogP) is 5.48. The fraction of sp³-hybridized carbons (Fsp3) is 0.286. The summed E-state index contributed by atoms with van der Waals surface area (Å²) in [5, 5.41) is 7.09. The average molecular weight is 441 g/mol. The number of amides is 2. The van der Waals surface area contributed by atoms with Crippen LogP contribution in [0.5, 0.6) is 0 Å². The Morgan fingerprint density at radius 2 is 1.96 bits per heavy atom. The number of carbonyl (C=O) groups excluding carboxylic acids is 1. The summed E-state index contributed by atoms with van der Waals surface area (Å²) >= 11 is 3.42. The molecule has 0 radical (unpaired) electrons. The maximum Gasteiger partial charge on any atom is 0.322 e. The zero-order valence-corrected chi connectivity index (χ0v) is 17.4. The van der Waals surface area contributed by atoms with Crippen LogP contribution >= 0.6 is 15.9 Å². The van der Waals surface area contributed by atoms with Gasteiger partial charge in [-0.15, -0.1) is 0 Å². The molecule has 1 fully saturated rings. The van der Waals surface area contributed by atoms with Crippen molar-refractivity contribution in [1.29, 1.82) is 0 Å². The number of urea groups is 1. The molecule has 7 heteroatoms. The molecule has 2 aromatic carbocycles. The Labute approximate surface area is 172 Å². The second-order valence-corrected chi connectivity index (χ2v) is 7.96. The number of nitrogens with zero attached hydrogens (tertiary/aromatic N) is 3. The summed E-state index contributed by atoms with van der Waals surface area (Å²) in [5.41, 5.74) is 4.01. The van der Waals surface area contributed by atoms with Gasteiger partial charge in [0, 0.05) is 22.3 Å². The molecule has 1 aliphatic rings. The number of nitrogens with one attached hydrogen (secondary N) is 1. The third kappa shape index (κ3) is 3.80. The van der Waals surface area contributed by atoms with E-state index in [1.165, 1.54) is 5.56 Å². The lowest BCUT2D eigenvalue weighted by molar-refractivity contribution is 0.193. The Bertz CT molecular complexity index is 1000. The number of carbonyl (C=O) groups is 1. The number of likely N-dealkylation sites (tertiary alicyclic amines) is 1. The number of aromatic nitrogens is 2. The number of anilines is 1. The van der Waals surface area contributed by atoms with Gasteiger partial charge in [0.05, 0.1) is 0 Å². The highest BCUT2D eigenvalue weighted by Gasteiger charge is 2.34. The molecule has 6 nitrogen and oxygen atoms in total. The molecule has 3 aromatic rings. The van der Waals surface area contributed by atoms with Gasteiger partial charge in [0.1, 0.15) is 6.04 Å². The molecule has 2 amide bonds. The van der Waals surface area contributed by atoms with Crippen LogP contribution in [0.25, 0.3) is 11.4 Å².